The first kappa shape index (κ1) is 7.15. The summed E-state index contributed by atoms with van der Waals surface area (Å²) in [6, 6.07) is 8.42. The van der Waals surface area contributed by atoms with E-state index >= 15 is 0 Å². The minimum Gasteiger partial charge on any atom is -0.260 e. The van der Waals surface area contributed by atoms with E-state index < -0.39 is 14.3 Å². The van der Waals surface area contributed by atoms with Crippen molar-refractivity contribution in [1.29, 1.82) is 0 Å². The highest BCUT2D eigenvalue weighted by Gasteiger charge is 1.90. The average Bonchev–Trinajstić information content (AvgIpc) is 1.90. The van der Waals surface area contributed by atoms with Gasteiger partial charge in [0.1, 0.15) is 0 Å². The van der Waals surface area contributed by atoms with Crippen LogP contribution >= 0.6 is 10.0 Å². The number of rotatable bonds is 1. The molecule has 0 N–H and O–H groups in total. The summed E-state index contributed by atoms with van der Waals surface area (Å²) in [7, 11) is 5.72. The van der Waals surface area contributed by atoms with Crippen molar-refractivity contribution in [3.63, 3.8) is 0 Å². The monoisotopic (exact) mass is 154 g/mol. The van der Waals surface area contributed by atoms with Gasteiger partial charge in [0.25, 0.3) is 0 Å². The Bertz CT molecular complexity index is 181. The molecule has 0 spiro atoms. The smallest absolute Gasteiger partial charge is 0.260 e. The molecule has 0 aliphatic carbocycles. The summed E-state index contributed by atoms with van der Waals surface area (Å²) in [4.78, 5) is 0. The summed E-state index contributed by atoms with van der Waals surface area (Å²) in [5.74, 6) is 0. The molecule has 0 saturated carbocycles. The van der Waals surface area contributed by atoms with E-state index in [2.05, 4.69) is 31.2 Å². The fourth-order valence-corrected chi connectivity index (χ4v) is 1.63. The summed E-state index contributed by atoms with van der Waals surface area (Å²) < 4.78 is 1.32. The molecule has 0 saturated heterocycles. The predicted octanol–water partition coefficient (Wildman–Crippen LogP) is 1.21. The van der Waals surface area contributed by atoms with Gasteiger partial charge in [0.05, 0.1) is 0 Å². The molecule has 0 amide bonds. The Kier molecular flexibility index (Phi) is 2.60. The number of halogens is 1. The lowest BCUT2D eigenvalue weighted by Gasteiger charge is -1.92. The lowest BCUT2D eigenvalue weighted by Crippen LogP contribution is -2.06. The third-order valence-electron chi connectivity index (χ3n) is 1.27. The second kappa shape index (κ2) is 3.27. The quantitative estimate of drug-likeness (QED) is 0.534. The fraction of sp³-hybridized carbons (Fsp3) is 0.143. The summed E-state index contributed by atoms with van der Waals surface area (Å²) >= 11 is -0.453. The summed E-state index contributed by atoms with van der Waals surface area (Å²) in [5.41, 5.74) is 1.30. The van der Waals surface area contributed by atoms with E-state index in [0.717, 1.165) is 0 Å². The normalized spacial score (nSPS) is 9.11. The molecule has 0 aliphatic rings. The molecule has 0 radical (unpaired) electrons. The Morgan fingerprint density at radius 2 is 1.78 bits per heavy atom. The van der Waals surface area contributed by atoms with E-state index in [1.807, 2.05) is 0 Å². The first-order chi connectivity index (χ1) is 4.33. The van der Waals surface area contributed by atoms with E-state index in [-0.39, 0.29) is 0 Å². The Morgan fingerprint density at radius 3 is 2.22 bits per heavy atom. The maximum atomic E-state index is 5.72. The van der Waals surface area contributed by atoms with Gasteiger partial charge in [0.15, 0.2) is 0 Å². The molecule has 0 unspecified atom stereocenters. The van der Waals surface area contributed by atoms with Crippen molar-refractivity contribution < 1.29 is 0 Å². The first-order valence-electron chi connectivity index (χ1n) is 2.94. The van der Waals surface area contributed by atoms with Crippen molar-refractivity contribution in [1.82, 2.24) is 0 Å². The van der Waals surface area contributed by atoms with E-state index in [4.69, 9.17) is 10.0 Å². The molecule has 0 atom stereocenters. The molecule has 0 aliphatic heterocycles. The molecule has 1 aromatic carbocycles. The van der Waals surface area contributed by atoms with Crippen LogP contribution in [0, 0.1) is 6.92 Å². The number of benzene rings is 1. The van der Waals surface area contributed by atoms with Crippen LogP contribution in [0.3, 0.4) is 0 Å². The first-order valence-corrected chi connectivity index (χ1v) is 5.79. The molecule has 0 nitrogen and oxygen atoms in total. The average molecular weight is 155 g/mol. The molecule has 1 rings (SSSR count). The Labute approximate surface area is 65.8 Å². The van der Waals surface area contributed by atoms with Crippen LogP contribution in [0.25, 0.3) is 0 Å². The minimum absolute atomic E-state index is 0.453. The van der Waals surface area contributed by atoms with Crippen molar-refractivity contribution in [3.05, 3.63) is 29.8 Å². The highest BCUT2D eigenvalue weighted by molar-refractivity contribution is 7.01. The Balaban J connectivity index is 2.88. The Hall–Kier alpha value is 0.0425. The van der Waals surface area contributed by atoms with Gasteiger partial charge in [-0.15, -0.1) is 0 Å². The molecule has 0 bridgehead atoms. The van der Waals surface area contributed by atoms with Gasteiger partial charge >= 0.3 is 14.3 Å². The van der Waals surface area contributed by atoms with E-state index in [1.165, 1.54) is 9.99 Å². The summed E-state index contributed by atoms with van der Waals surface area (Å²) in [6.45, 7) is 2.08. The third-order valence-corrected chi connectivity index (χ3v) is 2.98. The molecule has 46 valence electrons. The molecule has 0 fully saturated rings. The van der Waals surface area contributed by atoms with Crippen LogP contribution in [0.1, 0.15) is 5.56 Å². The second-order valence-corrected chi connectivity index (χ2v) is 4.00. The van der Waals surface area contributed by atoms with Crippen molar-refractivity contribution >= 4 is 28.8 Å². The van der Waals surface area contributed by atoms with Crippen LogP contribution in [0.2, 0.25) is 0 Å². The molecule has 0 aromatic heterocycles. The second-order valence-electron chi connectivity index (χ2n) is 2.12. The molecule has 0 heterocycles. The highest BCUT2D eigenvalue weighted by atomic mass is 35.6. The van der Waals surface area contributed by atoms with Gasteiger partial charge in [-0.3, -0.25) is 10.0 Å². The summed E-state index contributed by atoms with van der Waals surface area (Å²) in [6.07, 6.45) is 0. The third kappa shape index (κ3) is 2.02. The maximum absolute atomic E-state index is 5.72. The largest absolute Gasteiger partial charge is 0.414 e. The van der Waals surface area contributed by atoms with Crippen molar-refractivity contribution in [2.75, 3.05) is 0 Å². The van der Waals surface area contributed by atoms with Crippen LogP contribution in [0.15, 0.2) is 24.3 Å². The van der Waals surface area contributed by atoms with Gasteiger partial charge < -0.3 is 0 Å². The van der Waals surface area contributed by atoms with Gasteiger partial charge in [-0.25, -0.2) is 0 Å². The molecule has 1 aromatic rings. The Morgan fingerprint density at radius 1 is 1.22 bits per heavy atom. The van der Waals surface area contributed by atoms with E-state index in [0.29, 0.717) is 0 Å². The predicted molar refractivity (Wildman–Crippen MR) is 43.8 cm³/mol. The molecular weight excluding hydrogens is 147 g/mol. The highest BCUT2D eigenvalue weighted by Crippen LogP contribution is 1.92. The zero-order chi connectivity index (χ0) is 6.69. The lowest BCUT2D eigenvalue weighted by molar-refractivity contribution is 1.49. The van der Waals surface area contributed by atoms with Gasteiger partial charge in [-0.2, -0.15) is 0 Å². The summed E-state index contributed by atoms with van der Waals surface area (Å²) in [5, 5.41) is 0. The maximum Gasteiger partial charge on any atom is 0.414 e. The van der Waals surface area contributed by atoms with Crippen LogP contribution in [0.4, 0.5) is 0 Å². The fourth-order valence-electron chi connectivity index (χ4n) is 0.677. The molecule has 2 heteroatoms. The zero-order valence-corrected chi connectivity index (χ0v) is 7.56. The van der Waals surface area contributed by atoms with Crippen LogP contribution < -0.4 is 4.43 Å². The standard InChI is InChI=1S/C7H7.Al.ClH.H/c1-7-5-3-2-4-6-7;;;/h3-6H,1H3;;1H;/q;+1;;/p-1. The van der Waals surface area contributed by atoms with Gasteiger partial charge in [-0.05, 0) is 6.92 Å². The van der Waals surface area contributed by atoms with E-state index in [9.17, 15) is 0 Å². The number of aryl methyl sites for hydroxylation is 1. The van der Waals surface area contributed by atoms with E-state index in [1.54, 1.807) is 0 Å². The lowest BCUT2D eigenvalue weighted by atomic mass is 10.2. The van der Waals surface area contributed by atoms with Crippen molar-refractivity contribution in [2.24, 2.45) is 0 Å². The molecular formula is C7H8AlCl. The van der Waals surface area contributed by atoms with Crippen molar-refractivity contribution in [3.8, 4) is 0 Å². The van der Waals surface area contributed by atoms with Crippen molar-refractivity contribution in [2.45, 2.75) is 6.92 Å². The number of hydrogen-bond donors (Lipinski definition) is 0. The van der Waals surface area contributed by atoms with Crippen LogP contribution in [0.5, 0.6) is 0 Å². The van der Waals surface area contributed by atoms with Gasteiger partial charge in [0.2, 0.25) is 0 Å². The van der Waals surface area contributed by atoms with Gasteiger partial charge in [-0.1, -0.05) is 34.3 Å². The minimum atomic E-state index is -0.453. The number of hydrogen-bond acceptors (Lipinski definition) is 0. The topological polar surface area (TPSA) is 0 Å². The zero-order valence-electron chi connectivity index (χ0n) is 5.39. The van der Waals surface area contributed by atoms with Crippen LogP contribution in [-0.4, -0.2) is 14.3 Å². The van der Waals surface area contributed by atoms with Crippen LogP contribution in [-0.2, 0) is 0 Å². The van der Waals surface area contributed by atoms with Gasteiger partial charge in [0, 0.05) is 0 Å². The SMILES string of the molecule is Cc1cc[c]([AlH][Cl])cc1. The molecule has 9 heavy (non-hydrogen) atoms.